The number of benzene rings is 1. The first-order valence-electron chi connectivity index (χ1n) is 4.99. The molecule has 0 saturated carbocycles. The third-order valence-electron chi connectivity index (χ3n) is 2.83. The fraction of sp³-hybridized carbons (Fsp3) is 0.455. The average Bonchev–Trinajstić information content (AvgIpc) is 2.21. The molecule has 5 heteroatoms. The lowest BCUT2D eigenvalue weighted by Crippen LogP contribution is -2.41. The van der Waals surface area contributed by atoms with Crippen LogP contribution < -0.4 is 5.73 Å². The zero-order valence-corrected chi connectivity index (χ0v) is 10.1. The van der Waals surface area contributed by atoms with Crippen LogP contribution in [0.2, 0.25) is 5.02 Å². The van der Waals surface area contributed by atoms with Gasteiger partial charge in [-0.1, -0.05) is 23.7 Å². The molecule has 0 radical (unpaired) electrons. The van der Waals surface area contributed by atoms with Gasteiger partial charge in [0.1, 0.15) is 0 Å². The summed E-state index contributed by atoms with van der Waals surface area (Å²) in [5.74, 6) is -0.320. The van der Waals surface area contributed by atoms with E-state index < -0.39 is 5.54 Å². The van der Waals surface area contributed by atoms with E-state index in [2.05, 4.69) is 0 Å². The van der Waals surface area contributed by atoms with Gasteiger partial charge in [0.15, 0.2) is 0 Å². The number of halogens is 1. The fourth-order valence-electron chi connectivity index (χ4n) is 1.65. The summed E-state index contributed by atoms with van der Waals surface area (Å²) in [7, 11) is 0. The Hall–Kier alpha value is -1.13. The molecule has 4 nitrogen and oxygen atoms in total. The first kappa shape index (κ1) is 12.9. The zero-order chi connectivity index (χ0) is 12.3. The third kappa shape index (κ3) is 2.51. The van der Waals surface area contributed by atoms with Crippen LogP contribution in [-0.2, 0) is 0 Å². The summed E-state index contributed by atoms with van der Waals surface area (Å²) >= 11 is 5.77. The zero-order valence-electron chi connectivity index (χ0n) is 9.31. The second kappa shape index (κ2) is 4.80. The van der Waals surface area contributed by atoms with Crippen molar-refractivity contribution in [3.8, 4) is 0 Å². The van der Waals surface area contributed by atoms with Crippen LogP contribution in [0.4, 0.5) is 0 Å². The molecule has 0 saturated heterocycles. The quantitative estimate of drug-likeness (QED) is 0.651. The van der Waals surface area contributed by atoms with Crippen LogP contribution in [0.15, 0.2) is 24.3 Å². The largest absolute Gasteiger partial charge is 0.330 e. The number of nitro groups is 1. The van der Waals surface area contributed by atoms with E-state index in [9.17, 15) is 10.1 Å². The Morgan fingerprint density at radius 1 is 1.44 bits per heavy atom. The van der Waals surface area contributed by atoms with Crippen molar-refractivity contribution < 1.29 is 4.92 Å². The smallest absolute Gasteiger partial charge is 0.224 e. The van der Waals surface area contributed by atoms with Crippen molar-refractivity contribution in [2.75, 3.05) is 6.54 Å². The van der Waals surface area contributed by atoms with Crippen molar-refractivity contribution in [3.05, 3.63) is 45.0 Å². The number of rotatable bonds is 4. The summed E-state index contributed by atoms with van der Waals surface area (Å²) in [5, 5.41) is 11.6. The van der Waals surface area contributed by atoms with Crippen molar-refractivity contribution in [1.29, 1.82) is 0 Å². The first-order chi connectivity index (χ1) is 7.39. The van der Waals surface area contributed by atoms with Gasteiger partial charge in [0.05, 0.1) is 5.92 Å². The lowest BCUT2D eigenvalue weighted by molar-refractivity contribution is -0.565. The van der Waals surface area contributed by atoms with Crippen LogP contribution >= 0.6 is 11.6 Å². The maximum atomic E-state index is 11.0. The van der Waals surface area contributed by atoms with Crippen molar-refractivity contribution in [2.24, 2.45) is 5.73 Å². The predicted octanol–water partition coefficient (Wildman–Crippen LogP) is 2.44. The monoisotopic (exact) mass is 242 g/mol. The van der Waals surface area contributed by atoms with Crippen molar-refractivity contribution in [2.45, 2.75) is 25.3 Å². The second-order valence-corrected chi connectivity index (χ2v) is 4.69. The minimum absolute atomic E-state index is 0.232. The minimum atomic E-state index is -1.08. The molecule has 0 aliphatic rings. The molecule has 16 heavy (non-hydrogen) atoms. The average molecular weight is 243 g/mol. The van der Waals surface area contributed by atoms with Crippen LogP contribution in [0, 0.1) is 10.1 Å². The molecule has 0 aliphatic heterocycles. The topological polar surface area (TPSA) is 69.2 Å². The Morgan fingerprint density at radius 3 is 2.31 bits per heavy atom. The third-order valence-corrected chi connectivity index (χ3v) is 3.08. The van der Waals surface area contributed by atoms with Crippen LogP contribution in [0.5, 0.6) is 0 Å². The number of hydrogen-bond acceptors (Lipinski definition) is 3. The Morgan fingerprint density at radius 2 is 1.94 bits per heavy atom. The molecule has 1 rings (SSSR count). The Labute approximate surface area is 99.6 Å². The molecule has 1 aromatic carbocycles. The van der Waals surface area contributed by atoms with Crippen LogP contribution in [0.25, 0.3) is 0 Å². The molecule has 1 unspecified atom stereocenters. The Bertz CT molecular complexity index is 376. The minimum Gasteiger partial charge on any atom is -0.330 e. The van der Waals surface area contributed by atoms with Gasteiger partial charge in [0, 0.05) is 30.3 Å². The van der Waals surface area contributed by atoms with Gasteiger partial charge >= 0.3 is 0 Å². The molecule has 88 valence electrons. The van der Waals surface area contributed by atoms with Gasteiger partial charge in [0.25, 0.3) is 0 Å². The lowest BCUT2D eigenvalue weighted by Gasteiger charge is -2.25. The maximum absolute atomic E-state index is 11.0. The first-order valence-corrected chi connectivity index (χ1v) is 5.37. The summed E-state index contributed by atoms with van der Waals surface area (Å²) in [6.07, 6.45) is 0. The van der Waals surface area contributed by atoms with Gasteiger partial charge in [-0.25, -0.2) is 0 Å². The standard InChI is InChI=1S/C11H15ClN2O2/c1-11(2,14(15)16)10(7-13)8-3-5-9(12)6-4-8/h3-6,10H,7,13H2,1-2H3. The molecule has 0 fully saturated rings. The molecule has 0 aromatic heterocycles. The summed E-state index contributed by atoms with van der Waals surface area (Å²) in [4.78, 5) is 10.7. The fourth-order valence-corrected chi connectivity index (χ4v) is 1.78. The normalized spacial score (nSPS) is 13.5. The second-order valence-electron chi connectivity index (χ2n) is 4.25. The van der Waals surface area contributed by atoms with E-state index in [1.807, 2.05) is 0 Å². The molecule has 0 amide bonds. The molecule has 0 spiro atoms. The van der Waals surface area contributed by atoms with E-state index in [1.54, 1.807) is 38.1 Å². The summed E-state index contributed by atoms with van der Waals surface area (Å²) in [5.41, 5.74) is 5.39. The molecule has 0 aliphatic carbocycles. The van der Waals surface area contributed by atoms with Crippen LogP contribution in [0.3, 0.4) is 0 Å². The SMILES string of the molecule is CC(C)(C(CN)c1ccc(Cl)cc1)[N+](=O)[O-]. The highest BCUT2D eigenvalue weighted by Crippen LogP contribution is 2.30. The summed E-state index contributed by atoms with van der Waals surface area (Å²) < 4.78 is 0. The van der Waals surface area contributed by atoms with E-state index >= 15 is 0 Å². The van der Waals surface area contributed by atoms with Gasteiger partial charge in [0.2, 0.25) is 5.54 Å². The van der Waals surface area contributed by atoms with E-state index in [1.165, 1.54) is 0 Å². The summed E-state index contributed by atoms with van der Waals surface area (Å²) in [6, 6.07) is 7.00. The van der Waals surface area contributed by atoms with E-state index in [-0.39, 0.29) is 17.4 Å². The van der Waals surface area contributed by atoms with Crippen molar-refractivity contribution in [1.82, 2.24) is 0 Å². The summed E-state index contributed by atoms with van der Waals surface area (Å²) in [6.45, 7) is 3.40. The van der Waals surface area contributed by atoms with E-state index in [4.69, 9.17) is 17.3 Å². The van der Waals surface area contributed by atoms with Crippen molar-refractivity contribution >= 4 is 11.6 Å². The van der Waals surface area contributed by atoms with E-state index in [0.717, 1.165) is 5.56 Å². The van der Waals surface area contributed by atoms with Gasteiger partial charge in [-0.05, 0) is 17.7 Å². The van der Waals surface area contributed by atoms with Gasteiger partial charge < -0.3 is 5.73 Å². The number of hydrogen-bond donors (Lipinski definition) is 1. The Kier molecular flexibility index (Phi) is 3.88. The van der Waals surface area contributed by atoms with Crippen molar-refractivity contribution in [3.63, 3.8) is 0 Å². The molecule has 0 bridgehead atoms. The molecular weight excluding hydrogens is 228 g/mol. The molecule has 1 aromatic rings. The molecule has 0 heterocycles. The van der Waals surface area contributed by atoms with Gasteiger partial charge in [-0.2, -0.15) is 0 Å². The lowest BCUT2D eigenvalue weighted by atomic mass is 9.82. The Balaban J connectivity index is 3.07. The van der Waals surface area contributed by atoms with E-state index in [0.29, 0.717) is 5.02 Å². The highest BCUT2D eigenvalue weighted by atomic mass is 35.5. The highest BCUT2D eigenvalue weighted by Gasteiger charge is 2.40. The maximum Gasteiger partial charge on any atom is 0.224 e. The molecule has 1 atom stereocenters. The van der Waals surface area contributed by atoms with Gasteiger partial charge in [-0.3, -0.25) is 10.1 Å². The molecule has 2 N–H and O–H groups in total. The number of nitrogens with two attached hydrogens (primary N) is 1. The highest BCUT2D eigenvalue weighted by molar-refractivity contribution is 6.30. The van der Waals surface area contributed by atoms with Crippen LogP contribution in [0.1, 0.15) is 25.3 Å². The predicted molar refractivity (Wildman–Crippen MR) is 64.3 cm³/mol. The van der Waals surface area contributed by atoms with Crippen LogP contribution in [-0.4, -0.2) is 17.0 Å². The number of nitrogens with zero attached hydrogens (tertiary/aromatic N) is 1. The van der Waals surface area contributed by atoms with Gasteiger partial charge in [-0.15, -0.1) is 0 Å². The molecular formula is C11H15ClN2O2.